The Labute approximate surface area is 110 Å². The van der Waals surface area contributed by atoms with Crippen LogP contribution in [0.1, 0.15) is 6.92 Å². The second-order valence-corrected chi connectivity index (χ2v) is 7.25. The van der Waals surface area contributed by atoms with Crippen LogP contribution in [0.4, 0.5) is 5.13 Å². The second-order valence-electron chi connectivity index (χ2n) is 3.25. The Hall–Kier alpha value is -0.670. The smallest absolute Gasteiger partial charge is 0.313 e. The summed E-state index contributed by atoms with van der Waals surface area (Å²) in [5.74, 6) is -0.904. The maximum absolute atomic E-state index is 11.1. The molecular weight excluding hydrogens is 282 g/mol. The largest absolute Gasteiger partial charge is 0.481 e. The molecule has 0 saturated carbocycles. The fraction of sp³-hybridized carbons (Fsp3) is 0.625. The number of carboxylic acids is 1. The number of rotatable bonds is 7. The Morgan fingerprint density at radius 1 is 1.65 bits per heavy atom. The van der Waals surface area contributed by atoms with Crippen LogP contribution in [0.3, 0.4) is 0 Å². The molecular formula is C8H13N3O3S3. The van der Waals surface area contributed by atoms with Gasteiger partial charge in [-0.25, -0.2) is 0 Å². The van der Waals surface area contributed by atoms with Crippen molar-refractivity contribution in [2.24, 2.45) is 0 Å². The number of hydrogen-bond donors (Lipinski definition) is 2. The number of anilines is 1. The van der Waals surface area contributed by atoms with Gasteiger partial charge in [0.2, 0.25) is 5.13 Å². The van der Waals surface area contributed by atoms with Crippen LogP contribution in [0, 0.1) is 0 Å². The summed E-state index contributed by atoms with van der Waals surface area (Å²) < 4.78 is 11.7. The predicted octanol–water partition coefficient (Wildman–Crippen LogP) is 0.894. The lowest BCUT2D eigenvalue weighted by Crippen LogP contribution is -2.20. The van der Waals surface area contributed by atoms with Gasteiger partial charge in [0.25, 0.3) is 0 Å². The highest BCUT2D eigenvalue weighted by atomic mass is 32.2. The molecule has 0 aliphatic carbocycles. The molecule has 1 aromatic rings. The molecule has 0 radical (unpaired) electrons. The Balaban J connectivity index is 2.40. The second kappa shape index (κ2) is 6.92. The first-order valence-electron chi connectivity index (χ1n) is 4.73. The number of carbonyl (C=O) groups is 1. The minimum absolute atomic E-state index is 0.0238. The fourth-order valence-corrected chi connectivity index (χ4v) is 2.61. The van der Waals surface area contributed by atoms with Crippen LogP contribution in [0.25, 0.3) is 0 Å². The molecule has 1 rings (SSSR count). The normalized spacial score (nSPS) is 14.2. The van der Waals surface area contributed by atoms with Gasteiger partial charge in [0, 0.05) is 28.9 Å². The molecule has 1 aromatic heterocycles. The van der Waals surface area contributed by atoms with Crippen molar-refractivity contribution in [3.8, 4) is 0 Å². The standard InChI is InChI=1S/C8H13N3O3S3/c1-5(17(2)14)3-9-7-10-11-8(16-7)15-4-6(12)13/h5H,3-4H2,1-2H3,(H,9,10)(H,12,13). The first-order valence-corrected chi connectivity index (χ1v) is 8.15. The van der Waals surface area contributed by atoms with Gasteiger partial charge in [0.05, 0.1) is 5.75 Å². The lowest BCUT2D eigenvalue weighted by atomic mass is 10.5. The molecule has 0 fully saturated rings. The summed E-state index contributed by atoms with van der Waals surface area (Å²) in [6.07, 6.45) is 1.65. The van der Waals surface area contributed by atoms with E-state index >= 15 is 0 Å². The van der Waals surface area contributed by atoms with Gasteiger partial charge in [-0.3, -0.25) is 9.00 Å². The average molecular weight is 295 g/mol. The first-order chi connectivity index (χ1) is 7.99. The Bertz CT molecular complexity index is 410. The zero-order valence-electron chi connectivity index (χ0n) is 9.37. The Morgan fingerprint density at radius 2 is 2.35 bits per heavy atom. The third kappa shape index (κ3) is 5.46. The van der Waals surface area contributed by atoms with Crippen molar-refractivity contribution in [2.75, 3.05) is 23.9 Å². The van der Waals surface area contributed by atoms with E-state index in [1.54, 1.807) is 6.26 Å². The van der Waals surface area contributed by atoms with E-state index in [1.165, 1.54) is 11.3 Å². The van der Waals surface area contributed by atoms with Crippen molar-refractivity contribution >= 4 is 45.0 Å². The van der Waals surface area contributed by atoms with E-state index in [4.69, 9.17) is 5.11 Å². The molecule has 0 spiro atoms. The van der Waals surface area contributed by atoms with Crippen molar-refractivity contribution in [3.63, 3.8) is 0 Å². The maximum Gasteiger partial charge on any atom is 0.313 e. The molecule has 0 aromatic carbocycles. The summed E-state index contributed by atoms with van der Waals surface area (Å²) in [6.45, 7) is 2.44. The van der Waals surface area contributed by atoms with Gasteiger partial charge in [-0.15, -0.1) is 10.2 Å². The Morgan fingerprint density at radius 3 is 2.94 bits per heavy atom. The molecule has 2 N–H and O–H groups in total. The number of carboxylic acid groups (broad SMARTS) is 1. The summed E-state index contributed by atoms with van der Waals surface area (Å²) in [4.78, 5) is 10.4. The number of nitrogens with zero attached hydrogens (tertiary/aromatic N) is 2. The van der Waals surface area contributed by atoms with Gasteiger partial charge < -0.3 is 10.4 Å². The zero-order valence-corrected chi connectivity index (χ0v) is 11.8. The van der Waals surface area contributed by atoms with Crippen molar-refractivity contribution in [3.05, 3.63) is 0 Å². The van der Waals surface area contributed by atoms with E-state index in [1.807, 2.05) is 6.92 Å². The average Bonchev–Trinajstić information content (AvgIpc) is 2.70. The highest BCUT2D eigenvalue weighted by Crippen LogP contribution is 2.25. The minimum atomic E-state index is -0.880. The summed E-state index contributed by atoms with van der Waals surface area (Å²) in [5, 5.41) is 19.9. The predicted molar refractivity (Wildman–Crippen MR) is 70.3 cm³/mol. The number of hydrogen-bond acceptors (Lipinski definition) is 7. The van der Waals surface area contributed by atoms with E-state index in [-0.39, 0.29) is 11.0 Å². The van der Waals surface area contributed by atoms with Crippen LogP contribution < -0.4 is 5.32 Å². The summed E-state index contributed by atoms with van der Waals surface area (Å²) in [5.41, 5.74) is 0. The molecule has 0 aliphatic heterocycles. The van der Waals surface area contributed by atoms with E-state index in [0.29, 0.717) is 16.0 Å². The molecule has 0 bridgehead atoms. The number of nitrogens with one attached hydrogen (secondary N) is 1. The Kier molecular flexibility index (Phi) is 5.86. The summed E-state index contributed by atoms with van der Waals surface area (Å²) >= 11 is 2.43. The van der Waals surface area contributed by atoms with Crippen LogP contribution in [0.5, 0.6) is 0 Å². The zero-order chi connectivity index (χ0) is 12.8. The van der Waals surface area contributed by atoms with E-state index in [0.717, 1.165) is 11.8 Å². The molecule has 6 nitrogen and oxygen atoms in total. The lowest BCUT2D eigenvalue weighted by Gasteiger charge is -2.07. The first kappa shape index (κ1) is 14.4. The lowest BCUT2D eigenvalue weighted by molar-refractivity contribution is -0.133. The molecule has 96 valence electrons. The highest BCUT2D eigenvalue weighted by Gasteiger charge is 2.09. The van der Waals surface area contributed by atoms with E-state index in [2.05, 4.69) is 15.5 Å². The van der Waals surface area contributed by atoms with Crippen LogP contribution in [0.15, 0.2) is 4.34 Å². The van der Waals surface area contributed by atoms with Crippen LogP contribution in [-0.2, 0) is 15.6 Å². The molecule has 1 heterocycles. The van der Waals surface area contributed by atoms with Crippen molar-refractivity contribution in [1.29, 1.82) is 0 Å². The third-order valence-electron chi connectivity index (χ3n) is 1.83. The van der Waals surface area contributed by atoms with Gasteiger partial charge in [0.1, 0.15) is 0 Å². The molecule has 2 unspecified atom stereocenters. The molecule has 0 aliphatic rings. The topological polar surface area (TPSA) is 92.2 Å². The molecule has 17 heavy (non-hydrogen) atoms. The third-order valence-corrected chi connectivity index (χ3v) is 5.13. The number of aliphatic carboxylic acids is 1. The molecule has 0 amide bonds. The van der Waals surface area contributed by atoms with Crippen LogP contribution in [-0.4, -0.2) is 49.3 Å². The summed E-state index contributed by atoms with van der Waals surface area (Å²) in [6, 6.07) is 0. The number of aromatic nitrogens is 2. The highest BCUT2D eigenvalue weighted by molar-refractivity contribution is 8.01. The van der Waals surface area contributed by atoms with E-state index < -0.39 is 16.8 Å². The molecule has 9 heteroatoms. The van der Waals surface area contributed by atoms with Crippen molar-refractivity contribution < 1.29 is 14.1 Å². The van der Waals surface area contributed by atoms with Gasteiger partial charge in [0.15, 0.2) is 4.34 Å². The quantitative estimate of drug-likeness (QED) is 0.722. The van der Waals surface area contributed by atoms with Crippen molar-refractivity contribution in [1.82, 2.24) is 10.2 Å². The van der Waals surface area contributed by atoms with Gasteiger partial charge in [-0.2, -0.15) is 0 Å². The molecule has 2 atom stereocenters. The SMILES string of the molecule is CC(CNc1nnc(SCC(=O)O)s1)S(C)=O. The van der Waals surface area contributed by atoms with Gasteiger partial charge in [-0.05, 0) is 6.92 Å². The van der Waals surface area contributed by atoms with Crippen molar-refractivity contribution in [2.45, 2.75) is 16.5 Å². The van der Waals surface area contributed by atoms with Crippen LogP contribution in [0.2, 0.25) is 0 Å². The monoisotopic (exact) mass is 295 g/mol. The number of thioether (sulfide) groups is 1. The molecule has 0 saturated heterocycles. The summed E-state index contributed by atoms with van der Waals surface area (Å²) in [7, 11) is -0.876. The van der Waals surface area contributed by atoms with Gasteiger partial charge in [-0.1, -0.05) is 23.1 Å². The van der Waals surface area contributed by atoms with Gasteiger partial charge >= 0.3 is 5.97 Å². The van der Waals surface area contributed by atoms with Crippen LogP contribution >= 0.6 is 23.1 Å². The maximum atomic E-state index is 11.1. The fourth-order valence-electron chi connectivity index (χ4n) is 0.811. The minimum Gasteiger partial charge on any atom is -0.481 e. The van der Waals surface area contributed by atoms with E-state index in [9.17, 15) is 9.00 Å².